The molecule has 3 aliphatic heterocycles. The quantitative estimate of drug-likeness (QED) is 0.505. The van der Waals surface area contributed by atoms with E-state index in [1.165, 1.54) is 12.1 Å². The van der Waals surface area contributed by atoms with Gasteiger partial charge in [0.05, 0.1) is 23.1 Å². The molecule has 11 heteroatoms. The van der Waals surface area contributed by atoms with E-state index in [0.29, 0.717) is 57.3 Å². The van der Waals surface area contributed by atoms with Gasteiger partial charge in [-0.05, 0) is 69.5 Å². The number of nitrogens with one attached hydrogen (secondary N) is 2. The number of carbonyl (C=O) groups excluding carboxylic acids is 2. The monoisotopic (exact) mass is 573 g/mol. The van der Waals surface area contributed by atoms with E-state index in [-0.39, 0.29) is 18.2 Å². The van der Waals surface area contributed by atoms with Gasteiger partial charge in [-0.2, -0.15) is 13.2 Å². The lowest BCUT2D eigenvalue weighted by Gasteiger charge is -2.35. The molecule has 2 amide bonds. The van der Waals surface area contributed by atoms with Crippen molar-refractivity contribution in [2.45, 2.75) is 58.1 Å². The summed E-state index contributed by atoms with van der Waals surface area (Å²) in [5.74, 6) is 0.302. The number of likely N-dealkylation sites (tertiary alicyclic amines) is 1. The second-order valence-electron chi connectivity index (χ2n) is 12.1. The summed E-state index contributed by atoms with van der Waals surface area (Å²) in [4.78, 5) is 31.4. The molecule has 2 aromatic rings. The first-order chi connectivity index (χ1) is 19.4. The zero-order valence-corrected chi connectivity index (χ0v) is 23.8. The molecule has 0 aromatic heterocycles. The van der Waals surface area contributed by atoms with Crippen LogP contribution in [0.25, 0.3) is 0 Å². The number of nitrogens with zero attached hydrogens (tertiary/aromatic N) is 3. The van der Waals surface area contributed by atoms with E-state index in [9.17, 15) is 22.8 Å². The standard InChI is InChI=1S/C30H38F3N5O3/c1-29(2,3)41-28(40)38-12-10-21(11-13-38)26-34-24-9-6-22(18-25(24)35-26)27(39)37-16-14-36(15-17-37)19-20-4-7-23(8-5-20)30(31,32)33/h4-9,18,21,26,34-35H,10-17,19H2,1-3H3. The maximum absolute atomic E-state index is 13.3. The summed E-state index contributed by atoms with van der Waals surface area (Å²) in [7, 11) is 0. The molecule has 0 spiro atoms. The average molecular weight is 574 g/mol. The molecule has 3 aliphatic rings. The Kier molecular flexibility index (Phi) is 8.09. The number of ether oxygens (including phenoxy) is 1. The van der Waals surface area contributed by atoms with E-state index in [1.54, 1.807) is 4.90 Å². The number of hydrogen-bond acceptors (Lipinski definition) is 6. The summed E-state index contributed by atoms with van der Waals surface area (Å²) in [5, 5.41) is 7.07. The molecule has 5 rings (SSSR count). The van der Waals surface area contributed by atoms with E-state index in [2.05, 4.69) is 15.5 Å². The first-order valence-corrected chi connectivity index (χ1v) is 14.2. The summed E-state index contributed by atoms with van der Waals surface area (Å²) >= 11 is 0. The third-order valence-corrected chi connectivity index (χ3v) is 7.90. The Labute approximate surface area is 238 Å². The fraction of sp³-hybridized carbons (Fsp3) is 0.533. The van der Waals surface area contributed by atoms with Gasteiger partial charge in [-0.3, -0.25) is 9.69 Å². The number of hydrogen-bond donors (Lipinski definition) is 2. The maximum atomic E-state index is 13.3. The number of piperidine rings is 1. The van der Waals surface area contributed by atoms with Crippen LogP contribution in [-0.4, -0.2) is 77.7 Å². The number of piperazine rings is 1. The van der Waals surface area contributed by atoms with Crippen LogP contribution in [0.4, 0.5) is 29.3 Å². The smallest absolute Gasteiger partial charge is 0.416 e. The SMILES string of the molecule is CC(C)(C)OC(=O)N1CCC(C2Nc3ccc(C(=O)N4CCN(Cc5ccc(C(F)(F)F)cc5)CC4)cc3N2)CC1. The summed E-state index contributed by atoms with van der Waals surface area (Å²) in [6, 6.07) is 10.9. The van der Waals surface area contributed by atoms with Crippen LogP contribution >= 0.6 is 0 Å². The second-order valence-corrected chi connectivity index (χ2v) is 12.1. The highest BCUT2D eigenvalue weighted by molar-refractivity contribution is 5.97. The van der Waals surface area contributed by atoms with E-state index in [4.69, 9.17) is 4.74 Å². The topological polar surface area (TPSA) is 77.2 Å². The largest absolute Gasteiger partial charge is 0.444 e. The van der Waals surface area contributed by atoms with Crippen molar-refractivity contribution in [1.82, 2.24) is 14.7 Å². The van der Waals surface area contributed by atoms with Crippen molar-refractivity contribution in [2.75, 3.05) is 49.9 Å². The molecule has 2 saturated heterocycles. The van der Waals surface area contributed by atoms with Gasteiger partial charge in [-0.1, -0.05) is 12.1 Å². The molecule has 3 heterocycles. The average Bonchev–Trinajstić information content (AvgIpc) is 3.36. The van der Waals surface area contributed by atoms with Gasteiger partial charge in [0.2, 0.25) is 0 Å². The molecule has 41 heavy (non-hydrogen) atoms. The van der Waals surface area contributed by atoms with Crippen LogP contribution in [0.3, 0.4) is 0 Å². The van der Waals surface area contributed by atoms with E-state index in [1.807, 2.05) is 43.9 Å². The van der Waals surface area contributed by atoms with Gasteiger partial charge in [0.15, 0.2) is 0 Å². The minimum absolute atomic E-state index is 0.0297. The van der Waals surface area contributed by atoms with E-state index in [0.717, 1.165) is 41.9 Å². The highest BCUT2D eigenvalue weighted by Crippen LogP contribution is 2.35. The Morgan fingerprint density at radius 2 is 1.49 bits per heavy atom. The molecule has 2 N–H and O–H groups in total. The van der Waals surface area contributed by atoms with E-state index < -0.39 is 17.3 Å². The predicted octanol–water partition coefficient (Wildman–Crippen LogP) is 5.47. The number of alkyl halides is 3. The van der Waals surface area contributed by atoms with Crippen LogP contribution < -0.4 is 10.6 Å². The van der Waals surface area contributed by atoms with Crippen LogP contribution in [0.15, 0.2) is 42.5 Å². The Bertz CT molecular complexity index is 1250. The Balaban J connectivity index is 1.10. The fourth-order valence-electron chi connectivity index (χ4n) is 5.62. The molecule has 222 valence electrons. The van der Waals surface area contributed by atoms with Crippen LogP contribution in [-0.2, 0) is 17.5 Å². The molecule has 2 aromatic carbocycles. The molecule has 0 saturated carbocycles. The molecule has 2 fully saturated rings. The molecule has 0 radical (unpaired) electrons. The minimum atomic E-state index is -4.34. The first-order valence-electron chi connectivity index (χ1n) is 14.2. The van der Waals surface area contributed by atoms with Gasteiger partial charge in [-0.25, -0.2) is 4.79 Å². The molecule has 8 nitrogen and oxygen atoms in total. The van der Waals surface area contributed by atoms with Gasteiger partial charge >= 0.3 is 12.3 Å². The van der Waals surface area contributed by atoms with Gasteiger partial charge < -0.3 is 25.2 Å². The lowest BCUT2D eigenvalue weighted by atomic mass is 9.94. The predicted molar refractivity (Wildman–Crippen MR) is 151 cm³/mol. The lowest BCUT2D eigenvalue weighted by Crippen LogP contribution is -2.48. The lowest BCUT2D eigenvalue weighted by molar-refractivity contribution is -0.137. The normalized spacial score (nSPS) is 20.3. The number of anilines is 2. The van der Waals surface area contributed by atoms with Gasteiger partial charge in [0.25, 0.3) is 5.91 Å². The summed E-state index contributed by atoms with van der Waals surface area (Å²) in [6.45, 7) is 9.86. The highest BCUT2D eigenvalue weighted by atomic mass is 19.4. The van der Waals surface area contributed by atoms with Crippen LogP contribution in [0.1, 0.15) is 55.1 Å². The van der Waals surface area contributed by atoms with Crippen molar-refractivity contribution in [3.63, 3.8) is 0 Å². The van der Waals surface area contributed by atoms with Crippen molar-refractivity contribution in [3.8, 4) is 0 Å². The highest BCUT2D eigenvalue weighted by Gasteiger charge is 2.34. The fourth-order valence-corrected chi connectivity index (χ4v) is 5.62. The molecule has 1 unspecified atom stereocenters. The molecule has 1 atom stereocenters. The van der Waals surface area contributed by atoms with Crippen LogP contribution in [0.2, 0.25) is 0 Å². The van der Waals surface area contributed by atoms with Crippen LogP contribution in [0.5, 0.6) is 0 Å². The third-order valence-electron chi connectivity index (χ3n) is 7.90. The van der Waals surface area contributed by atoms with Crippen LogP contribution in [0, 0.1) is 5.92 Å². The van der Waals surface area contributed by atoms with Crippen molar-refractivity contribution >= 4 is 23.4 Å². The van der Waals surface area contributed by atoms with Crippen molar-refractivity contribution in [2.24, 2.45) is 5.92 Å². The van der Waals surface area contributed by atoms with Gasteiger partial charge in [0, 0.05) is 57.3 Å². The summed E-state index contributed by atoms with van der Waals surface area (Å²) in [6.07, 6.45) is -2.88. The molecular weight excluding hydrogens is 535 g/mol. The Morgan fingerprint density at radius 3 is 2.10 bits per heavy atom. The minimum Gasteiger partial charge on any atom is -0.444 e. The van der Waals surface area contributed by atoms with Gasteiger partial charge in [0.1, 0.15) is 5.60 Å². The number of benzene rings is 2. The van der Waals surface area contributed by atoms with Crippen molar-refractivity contribution < 1.29 is 27.5 Å². The second kappa shape index (κ2) is 11.4. The number of halogens is 3. The number of fused-ring (bicyclic) bond motifs is 1. The summed E-state index contributed by atoms with van der Waals surface area (Å²) < 4.78 is 44.0. The summed E-state index contributed by atoms with van der Waals surface area (Å²) in [5.41, 5.74) is 2.14. The van der Waals surface area contributed by atoms with Gasteiger partial charge in [-0.15, -0.1) is 0 Å². The number of rotatable bonds is 4. The van der Waals surface area contributed by atoms with E-state index >= 15 is 0 Å². The Hall–Kier alpha value is -3.47. The molecule has 0 aliphatic carbocycles. The van der Waals surface area contributed by atoms with Crippen molar-refractivity contribution in [1.29, 1.82) is 0 Å². The third kappa shape index (κ3) is 7.06. The Morgan fingerprint density at radius 1 is 0.854 bits per heavy atom. The number of amides is 2. The maximum Gasteiger partial charge on any atom is 0.416 e. The zero-order valence-electron chi connectivity index (χ0n) is 23.8. The zero-order chi connectivity index (χ0) is 29.4. The molecule has 0 bridgehead atoms. The molecular formula is C30H38F3N5O3. The number of carbonyl (C=O) groups is 2. The van der Waals surface area contributed by atoms with Crippen molar-refractivity contribution in [3.05, 3.63) is 59.2 Å². The first kappa shape index (κ1) is 29.0.